The van der Waals surface area contributed by atoms with Crippen molar-refractivity contribution >= 4 is 11.6 Å². The predicted molar refractivity (Wildman–Crippen MR) is 73.6 cm³/mol. The second kappa shape index (κ2) is 5.67. The number of nitrogens with two attached hydrogens (primary N) is 1. The average Bonchev–Trinajstić information content (AvgIpc) is 2.75. The van der Waals surface area contributed by atoms with E-state index in [4.69, 9.17) is 10.2 Å². The number of hydrogen-bond donors (Lipinski definition) is 2. The molecule has 2 rings (SSSR count). The van der Waals surface area contributed by atoms with Gasteiger partial charge in [-0.05, 0) is 31.2 Å². The molecule has 0 fully saturated rings. The fraction of sp³-hybridized carbons (Fsp3) is 0.286. The van der Waals surface area contributed by atoms with Crippen LogP contribution in [0.3, 0.4) is 0 Å². The molecule has 0 aliphatic rings. The Labute approximate surface area is 111 Å². The van der Waals surface area contributed by atoms with Crippen molar-refractivity contribution in [3.8, 4) is 11.3 Å². The highest BCUT2D eigenvalue weighted by atomic mass is 16.4. The fourth-order valence-corrected chi connectivity index (χ4v) is 1.72. The van der Waals surface area contributed by atoms with E-state index in [1.54, 1.807) is 20.0 Å². The largest absolute Gasteiger partial charge is 0.441 e. The van der Waals surface area contributed by atoms with Crippen molar-refractivity contribution in [2.24, 2.45) is 5.73 Å². The lowest BCUT2D eigenvalue weighted by Crippen LogP contribution is -2.23. The summed E-state index contributed by atoms with van der Waals surface area (Å²) in [4.78, 5) is 15.6. The van der Waals surface area contributed by atoms with Crippen LogP contribution in [0.5, 0.6) is 0 Å². The summed E-state index contributed by atoms with van der Waals surface area (Å²) in [6, 6.07) is 7.26. The Kier molecular flexibility index (Phi) is 3.97. The first-order chi connectivity index (χ1) is 9.04. The van der Waals surface area contributed by atoms with Crippen molar-refractivity contribution in [1.29, 1.82) is 0 Å². The molecule has 1 atom stereocenters. The normalized spacial score (nSPS) is 12.2. The second-order valence-electron chi connectivity index (χ2n) is 4.55. The third-order valence-corrected chi connectivity index (χ3v) is 2.58. The van der Waals surface area contributed by atoms with Gasteiger partial charge in [0, 0.05) is 30.6 Å². The maximum absolute atomic E-state index is 11.6. The number of anilines is 1. The molecular formula is C14H17N3O2. The Morgan fingerprint density at radius 2 is 2.11 bits per heavy atom. The van der Waals surface area contributed by atoms with Crippen LogP contribution < -0.4 is 11.1 Å². The molecule has 0 spiro atoms. The quantitative estimate of drug-likeness (QED) is 0.883. The summed E-state index contributed by atoms with van der Waals surface area (Å²) < 4.78 is 5.43. The van der Waals surface area contributed by atoms with Gasteiger partial charge in [-0.15, -0.1) is 0 Å². The fourth-order valence-electron chi connectivity index (χ4n) is 1.72. The van der Waals surface area contributed by atoms with Gasteiger partial charge in [0.2, 0.25) is 5.91 Å². The van der Waals surface area contributed by atoms with E-state index in [1.807, 2.05) is 24.3 Å². The topological polar surface area (TPSA) is 81.2 Å². The summed E-state index contributed by atoms with van der Waals surface area (Å²) >= 11 is 0. The number of rotatable bonds is 4. The lowest BCUT2D eigenvalue weighted by molar-refractivity contribution is -0.116. The minimum atomic E-state index is -0.142. The molecule has 0 saturated heterocycles. The van der Waals surface area contributed by atoms with Crippen LogP contribution in [0.15, 0.2) is 34.9 Å². The lowest BCUT2D eigenvalue weighted by atomic mass is 10.1. The van der Waals surface area contributed by atoms with E-state index < -0.39 is 0 Å². The average molecular weight is 259 g/mol. The molecule has 1 amide bonds. The minimum absolute atomic E-state index is 0.0849. The van der Waals surface area contributed by atoms with Crippen molar-refractivity contribution < 1.29 is 9.21 Å². The van der Waals surface area contributed by atoms with Crippen molar-refractivity contribution in [3.63, 3.8) is 0 Å². The van der Waals surface area contributed by atoms with Gasteiger partial charge in [0.15, 0.2) is 11.7 Å². The maximum Gasteiger partial charge on any atom is 0.225 e. The summed E-state index contributed by atoms with van der Waals surface area (Å²) in [5, 5.41) is 2.79. The van der Waals surface area contributed by atoms with Crippen molar-refractivity contribution in [1.82, 2.24) is 4.98 Å². The molecule has 3 N–H and O–H groups in total. The van der Waals surface area contributed by atoms with Gasteiger partial charge in [0.25, 0.3) is 0 Å². The summed E-state index contributed by atoms with van der Waals surface area (Å²) in [6.45, 7) is 3.60. The number of amides is 1. The van der Waals surface area contributed by atoms with Crippen LogP contribution in [-0.2, 0) is 4.79 Å². The molecular weight excluding hydrogens is 242 g/mol. The summed E-state index contributed by atoms with van der Waals surface area (Å²) in [5.41, 5.74) is 7.23. The first-order valence-electron chi connectivity index (χ1n) is 6.13. The number of benzene rings is 1. The Balaban J connectivity index is 2.04. The number of carbonyl (C=O) groups excluding carboxylic acids is 1. The van der Waals surface area contributed by atoms with Crippen LogP contribution in [0.1, 0.15) is 19.2 Å². The molecule has 5 heteroatoms. The monoisotopic (exact) mass is 259 g/mol. The Morgan fingerprint density at radius 3 is 2.63 bits per heavy atom. The van der Waals surface area contributed by atoms with Crippen LogP contribution in [-0.4, -0.2) is 16.9 Å². The first kappa shape index (κ1) is 13.3. The lowest BCUT2D eigenvalue weighted by Gasteiger charge is -2.07. The van der Waals surface area contributed by atoms with Crippen molar-refractivity contribution in [3.05, 3.63) is 36.4 Å². The SMILES string of the molecule is Cc1ncc(-c2ccc(NC(=O)CC(C)N)cc2)o1. The standard InChI is InChI=1S/C14H17N3O2/c1-9(15)7-14(18)17-12-5-3-11(4-6-12)13-8-16-10(2)19-13/h3-6,8-9H,7,15H2,1-2H3,(H,17,18). The zero-order chi connectivity index (χ0) is 13.8. The van der Waals surface area contributed by atoms with Gasteiger partial charge in [-0.1, -0.05) is 0 Å². The van der Waals surface area contributed by atoms with Gasteiger partial charge in [-0.3, -0.25) is 4.79 Å². The van der Waals surface area contributed by atoms with Crippen LogP contribution in [0.25, 0.3) is 11.3 Å². The van der Waals surface area contributed by atoms with E-state index in [0.29, 0.717) is 18.1 Å². The Bertz CT molecular complexity index is 558. The zero-order valence-electron chi connectivity index (χ0n) is 11.0. The molecule has 5 nitrogen and oxygen atoms in total. The molecule has 0 aliphatic carbocycles. The highest BCUT2D eigenvalue weighted by Gasteiger charge is 2.07. The molecule has 1 heterocycles. The highest BCUT2D eigenvalue weighted by Crippen LogP contribution is 2.22. The van der Waals surface area contributed by atoms with Gasteiger partial charge in [-0.2, -0.15) is 0 Å². The minimum Gasteiger partial charge on any atom is -0.441 e. The van der Waals surface area contributed by atoms with E-state index in [1.165, 1.54) is 0 Å². The van der Waals surface area contributed by atoms with Crippen molar-refractivity contribution in [2.45, 2.75) is 26.3 Å². The number of aryl methyl sites for hydroxylation is 1. The van der Waals surface area contributed by atoms with Crippen LogP contribution in [0.2, 0.25) is 0 Å². The van der Waals surface area contributed by atoms with Crippen LogP contribution >= 0.6 is 0 Å². The van der Waals surface area contributed by atoms with E-state index in [2.05, 4.69) is 10.3 Å². The Hall–Kier alpha value is -2.14. The molecule has 100 valence electrons. The Morgan fingerprint density at radius 1 is 1.42 bits per heavy atom. The molecule has 0 bridgehead atoms. The molecule has 0 aliphatic heterocycles. The van der Waals surface area contributed by atoms with E-state index in [9.17, 15) is 4.79 Å². The molecule has 2 aromatic rings. The molecule has 1 unspecified atom stereocenters. The maximum atomic E-state index is 11.6. The summed E-state index contributed by atoms with van der Waals surface area (Å²) in [7, 11) is 0. The first-order valence-corrected chi connectivity index (χ1v) is 6.13. The second-order valence-corrected chi connectivity index (χ2v) is 4.55. The van der Waals surface area contributed by atoms with Gasteiger partial charge >= 0.3 is 0 Å². The number of carbonyl (C=O) groups is 1. The molecule has 1 aromatic heterocycles. The number of nitrogens with one attached hydrogen (secondary N) is 1. The molecule has 0 saturated carbocycles. The molecule has 19 heavy (non-hydrogen) atoms. The number of aromatic nitrogens is 1. The van der Waals surface area contributed by atoms with Gasteiger partial charge < -0.3 is 15.5 Å². The summed E-state index contributed by atoms with van der Waals surface area (Å²) in [6.07, 6.45) is 1.99. The van der Waals surface area contributed by atoms with Gasteiger partial charge in [0.05, 0.1) is 6.20 Å². The third kappa shape index (κ3) is 3.66. The number of hydrogen-bond acceptors (Lipinski definition) is 4. The predicted octanol–water partition coefficient (Wildman–Crippen LogP) is 2.33. The third-order valence-electron chi connectivity index (χ3n) is 2.58. The number of oxazole rings is 1. The van der Waals surface area contributed by atoms with E-state index in [0.717, 1.165) is 11.3 Å². The molecule has 1 aromatic carbocycles. The van der Waals surface area contributed by atoms with Crippen molar-refractivity contribution in [2.75, 3.05) is 5.32 Å². The summed E-state index contributed by atoms with van der Waals surface area (Å²) in [5.74, 6) is 1.26. The van der Waals surface area contributed by atoms with Gasteiger partial charge in [0.1, 0.15) is 0 Å². The smallest absolute Gasteiger partial charge is 0.225 e. The highest BCUT2D eigenvalue weighted by molar-refractivity contribution is 5.91. The molecule has 0 radical (unpaired) electrons. The zero-order valence-corrected chi connectivity index (χ0v) is 11.0. The van der Waals surface area contributed by atoms with E-state index in [-0.39, 0.29) is 11.9 Å². The van der Waals surface area contributed by atoms with Gasteiger partial charge in [-0.25, -0.2) is 4.98 Å². The van der Waals surface area contributed by atoms with Crippen LogP contribution in [0.4, 0.5) is 5.69 Å². The van der Waals surface area contributed by atoms with Crippen LogP contribution in [0, 0.1) is 6.92 Å². The van der Waals surface area contributed by atoms with E-state index >= 15 is 0 Å². The number of nitrogens with zero attached hydrogens (tertiary/aromatic N) is 1.